The van der Waals surface area contributed by atoms with E-state index >= 15 is 0 Å². The van der Waals surface area contributed by atoms with Gasteiger partial charge in [0.1, 0.15) is 11.9 Å². The predicted octanol–water partition coefficient (Wildman–Crippen LogP) is 1.78. The molecule has 0 aromatic carbocycles. The van der Waals surface area contributed by atoms with Crippen molar-refractivity contribution in [2.45, 2.75) is 19.4 Å². The van der Waals surface area contributed by atoms with Gasteiger partial charge in [-0.2, -0.15) is 5.10 Å². The Bertz CT molecular complexity index is 488. The third kappa shape index (κ3) is 4.45. The summed E-state index contributed by atoms with van der Waals surface area (Å²) in [4.78, 5) is 4.24. The van der Waals surface area contributed by atoms with Crippen LogP contribution < -0.4 is 10.2 Å². The second-order valence-corrected chi connectivity index (χ2v) is 5.25. The van der Waals surface area contributed by atoms with Crippen molar-refractivity contribution >= 4 is 34.9 Å². The fraction of sp³-hybridized carbons (Fsp3) is 0.417. The molecule has 0 aliphatic carbocycles. The highest BCUT2D eigenvalue weighted by Gasteiger charge is 2.17. The molecule has 102 valence electrons. The summed E-state index contributed by atoms with van der Waals surface area (Å²) in [6.07, 6.45) is 2.73. The first-order valence-corrected chi connectivity index (χ1v) is 6.75. The number of rotatable bonds is 4. The lowest BCUT2D eigenvalue weighted by Crippen LogP contribution is -2.16. The molecule has 0 saturated carbocycles. The molecular formula is C12H15N3O2S2. The molecule has 1 aliphatic heterocycles. The number of hydrazone groups is 1. The third-order valence-electron chi connectivity index (χ3n) is 2.61. The highest BCUT2D eigenvalue weighted by atomic mass is 32.1. The maximum atomic E-state index is 5.81. The van der Waals surface area contributed by atoms with E-state index in [4.69, 9.17) is 21.7 Å². The van der Waals surface area contributed by atoms with Crippen molar-refractivity contribution in [2.24, 2.45) is 5.10 Å². The van der Waals surface area contributed by atoms with E-state index in [0.29, 0.717) is 16.6 Å². The number of nitrogens with zero attached hydrogens (tertiary/aromatic N) is 2. The lowest BCUT2D eigenvalue weighted by atomic mass is 10.2. The van der Waals surface area contributed by atoms with Crippen molar-refractivity contribution in [2.75, 3.05) is 13.2 Å². The molecule has 5 nitrogen and oxygen atoms in total. The Hall–Kier alpha value is -1.18. The molecule has 0 unspecified atom stereocenters. The maximum absolute atomic E-state index is 5.81. The average Bonchev–Trinajstić information content (AvgIpc) is 2.89. The Morgan fingerprint density at radius 2 is 2.53 bits per heavy atom. The molecule has 1 fully saturated rings. The van der Waals surface area contributed by atoms with Crippen LogP contribution in [0.4, 0.5) is 0 Å². The van der Waals surface area contributed by atoms with Crippen molar-refractivity contribution in [1.82, 2.24) is 10.4 Å². The van der Waals surface area contributed by atoms with E-state index in [1.807, 2.05) is 19.1 Å². The average molecular weight is 297 g/mol. The molecule has 0 bridgehead atoms. The van der Waals surface area contributed by atoms with Crippen LogP contribution in [0.25, 0.3) is 0 Å². The summed E-state index contributed by atoms with van der Waals surface area (Å²) in [6, 6.07) is 3.67. The number of thiol groups is 1. The lowest BCUT2D eigenvalue weighted by Gasteiger charge is -2.12. The molecule has 1 aliphatic rings. The molecule has 0 amide bonds. The summed E-state index contributed by atoms with van der Waals surface area (Å²) < 4.78 is 11.4. The van der Waals surface area contributed by atoms with Gasteiger partial charge in [0.2, 0.25) is 0 Å². The number of hydrogen-bond donors (Lipinski definition) is 2. The van der Waals surface area contributed by atoms with Crippen LogP contribution in [0, 0.1) is 0 Å². The van der Waals surface area contributed by atoms with Crippen molar-refractivity contribution in [1.29, 1.82) is 0 Å². The number of aromatic nitrogens is 1. The van der Waals surface area contributed by atoms with E-state index in [1.54, 1.807) is 6.20 Å². The summed E-state index contributed by atoms with van der Waals surface area (Å²) in [6.45, 7) is 3.23. The highest BCUT2D eigenvalue weighted by Crippen LogP contribution is 2.17. The zero-order valence-electron chi connectivity index (χ0n) is 10.5. The van der Waals surface area contributed by atoms with Gasteiger partial charge in [-0.15, -0.1) is 12.6 Å². The smallest absolute Gasteiger partial charge is 0.150 e. The van der Waals surface area contributed by atoms with Gasteiger partial charge in [0.05, 0.1) is 24.6 Å². The summed E-state index contributed by atoms with van der Waals surface area (Å²) in [7, 11) is 0. The number of nitrogens with one attached hydrogen (secondary N) is 1. The van der Waals surface area contributed by atoms with E-state index in [9.17, 15) is 0 Å². The van der Waals surface area contributed by atoms with E-state index in [0.717, 1.165) is 24.5 Å². The van der Waals surface area contributed by atoms with Crippen LogP contribution in [0.5, 0.6) is 5.75 Å². The Kier molecular flexibility index (Phi) is 5.12. The molecule has 1 atom stereocenters. The van der Waals surface area contributed by atoms with E-state index in [1.165, 1.54) is 0 Å². The minimum absolute atomic E-state index is 0.121. The van der Waals surface area contributed by atoms with E-state index in [-0.39, 0.29) is 6.10 Å². The minimum Gasteiger partial charge on any atom is -0.488 e. The fourth-order valence-corrected chi connectivity index (χ4v) is 1.77. The number of hydrogen-bond acceptors (Lipinski definition) is 5. The zero-order valence-corrected chi connectivity index (χ0v) is 12.2. The third-order valence-corrected chi connectivity index (χ3v) is 2.80. The lowest BCUT2D eigenvalue weighted by molar-refractivity contribution is 0.141. The van der Waals surface area contributed by atoms with Gasteiger partial charge >= 0.3 is 0 Å². The SMILES string of the molecule is C/C(=N\NC(=S)S)c1cc(O[C@H]2CCOC2)ccn1. The van der Waals surface area contributed by atoms with Crippen molar-refractivity contribution in [3.05, 3.63) is 24.0 Å². The topological polar surface area (TPSA) is 55.7 Å². The first-order valence-electron chi connectivity index (χ1n) is 5.89. The molecule has 19 heavy (non-hydrogen) atoms. The minimum atomic E-state index is 0.121. The molecule has 0 radical (unpaired) electrons. The molecule has 2 rings (SSSR count). The molecule has 1 aromatic heterocycles. The Morgan fingerprint density at radius 3 is 3.21 bits per heavy atom. The zero-order chi connectivity index (χ0) is 13.7. The molecule has 2 heterocycles. The number of ether oxygens (including phenoxy) is 2. The molecule has 7 heteroatoms. The van der Waals surface area contributed by atoms with Gasteiger partial charge in [0.15, 0.2) is 4.32 Å². The number of pyridine rings is 1. The molecule has 1 N–H and O–H groups in total. The van der Waals surface area contributed by atoms with Crippen LogP contribution in [0.3, 0.4) is 0 Å². The second-order valence-electron chi connectivity index (χ2n) is 4.09. The van der Waals surface area contributed by atoms with Crippen LogP contribution in [-0.2, 0) is 4.74 Å². The van der Waals surface area contributed by atoms with Gasteiger partial charge < -0.3 is 9.47 Å². The van der Waals surface area contributed by atoms with Gasteiger partial charge in [-0.25, -0.2) is 0 Å². The summed E-state index contributed by atoms with van der Waals surface area (Å²) in [5.74, 6) is 0.767. The maximum Gasteiger partial charge on any atom is 0.150 e. The van der Waals surface area contributed by atoms with Crippen LogP contribution >= 0.6 is 24.8 Å². The monoisotopic (exact) mass is 297 g/mol. The van der Waals surface area contributed by atoms with Gasteiger partial charge in [0.25, 0.3) is 0 Å². The molecule has 0 spiro atoms. The summed E-state index contributed by atoms with van der Waals surface area (Å²) in [5.41, 5.74) is 4.06. The van der Waals surface area contributed by atoms with Gasteiger partial charge in [-0.05, 0) is 13.0 Å². The predicted molar refractivity (Wildman–Crippen MR) is 81.0 cm³/mol. The first-order chi connectivity index (χ1) is 9.15. The first kappa shape index (κ1) is 14.2. The van der Waals surface area contributed by atoms with Crippen molar-refractivity contribution in [3.63, 3.8) is 0 Å². The normalized spacial score (nSPS) is 19.3. The summed E-state index contributed by atoms with van der Waals surface area (Å²) >= 11 is 8.71. The van der Waals surface area contributed by atoms with Crippen LogP contribution in [0.2, 0.25) is 0 Å². The van der Waals surface area contributed by atoms with Crippen LogP contribution in [0.1, 0.15) is 19.0 Å². The largest absolute Gasteiger partial charge is 0.488 e. The second kappa shape index (κ2) is 6.83. The molecule has 1 aromatic rings. The van der Waals surface area contributed by atoms with Gasteiger partial charge in [0, 0.05) is 18.7 Å². The van der Waals surface area contributed by atoms with Gasteiger partial charge in [-0.3, -0.25) is 10.4 Å². The Balaban J connectivity index is 2.05. The van der Waals surface area contributed by atoms with Crippen LogP contribution in [0.15, 0.2) is 23.4 Å². The van der Waals surface area contributed by atoms with E-state index in [2.05, 4.69) is 28.1 Å². The van der Waals surface area contributed by atoms with Crippen molar-refractivity contribution < 1.29 is 9.47 Å². The Morgan fingerprint density at radius 1 is 1.68 bits per heavy atom. The van der Waals surface area contributed by atoms with E-state index < -0.39 is 0 Å². The molecule has 1 saturated heterocycles. The standard InChI is InChI=1S/C12H15N3O2S2/c1-8(14-15-12(18)19)11-6-9(2-4-13-11)17-10-3-5-16-7-10/h2,4,6,10H,3,5,7H2,1H3,(H2,15,18,19)/b14-8+/t10-/m0/s1. The van der Waals surface area contributed by atoms with Crippen molar-refractivity contribution in [3.8, 4) is 5.75 Å². The highest BCUT2D eigenvalue weighted by molar-refractivity contribution is 8.11. The molecular weight excluding hydrogens is 282 g/mol. The number of thiocarbonyl (C=S) groups is 1. The summed E-state index contributed by atoms with van der Waals surface area (Å²) in [5, 5.41) is 4.07. The van der Waals surface area contributed by atoms with Gasteiger partial charge in [-0.1, -0.05) is 12.2 Å². The quantitative estimate of drug-likeness (QED) is 0.384. The fourth-order valence-electron chi connectivity index (χ4n) is 1.67. The van der Waals surface area contributed by atoms with Crippen LogP contribution in [-0.4, -0.2) is 34.3 Å². The Labute approximate surface area is 122 Å².